The first kappa shape index (κ1) is 9.95. The first-order valence-corrected chi connectivity index (χ1v) is 5.70. The van der Waals surface area contributed by atoms with Gasteiger partial charge in [0.25, 0.3) is 0 Å². The van der Waals surface area contributed by atoms with Gasteiger partial charge >= 0.3 is 0 Å². The Hall–Kier alpha value is -0.590. The number of hydrogen-bond donors (Lipinski definition) is 0. The van der Waals surface area contributed by atoms with Gasteiger partial charge in [-0.1, -0.05) is 26.3 Å². The van der Waals surface area contributed by atoms with E-state index in [0.29, 0.717) is 11.5 Å². The lowest BCUT2D eigenvalue weighted by molar-refractivity contribution is 0.277. The van der Waals surface area contributed by atoms with Crippen molar-refractivity contribution >= 4 is 6.21 Å². The molecule has 2 aliphatic rings. The molecular weight excluding hydrogens is 170 g/mol. The monoisotopic (exact) mass is 191 g/mol. The zero-order chi connectivity index (χ0) is 10.3. The molecule has 1 aliphatic carbocycles. The summed E-state index contributed by atoms with van der Waals surface area (Å²) in [5.41, 5.74) is 3.54. The Morgan fingerprint density at radius 1 is 1.43 bits per heavy atom. The van der Waals surface area contributed by atoms with Crippen LogP contribution in [0.1, 0.15) is 47.0 Å². The van der Waals surface area contributed by atoms with Crippen molar-refractivity contribution in [2.75, 3.05) is 0 Å². The van der Waals surface area contributed by atoms with Crippen LogP contribution in [0.5, 0.6) is 0 Å². The molecule has 0 N–H and O–H groups in total. The predicted molar refractivity (Wildman–Crippen MR) is 61.8 cm³/mol. The molecule has 78 valence electrons. The first-order chi connectivity index (χ1) is 6.48. The van der Waals surface area contributed by atoms with E-state index in [4.69, 9.17) is 0 Å². The zero-order valence-corrected chi connectivity index (χ0v) is 9.80. The lowest BCUT2D eigenvalue weighted by atomic mass is 9.80. The second-order valence-corrected chi connectivity index (χ2v) is 5.86. The molecule has 1 aliphatic heterocycles. The van der Waals surface area contributed by atoms with Crippen molar-refractivity contribution in [3.63, 3.8) is 0 Å². The third kappa shape index (κ3) is 1.77. The molecule has 2 atom stereocenters. The highest BCUT2D eigenvalue weighted by molar-refractivity contribution is 5.80. The van der Waals surface area contributed by atoms with Crippen LogP contribution in [0.2, 0.25) is 0 Å². The molecule has 0 aromatic carbocycles. The SMILES string of the molecule is CC1=C2CC(N=C1)C(C)CC(C)(C)C2. The number of allylic oxidation sites excluding steroid dienone is 1. The molecule has 1 heterocycles. The maximum Gasteiger partial charge on any atom is 0.0562 e. The van der Waals surface area contributed by atoms with Crippen LogP contribution in [0, 0.1) is 11.3 Å². The number of hydrogen-bond acceptors (Lipinski definition) is 1. The molecule has 0 aromatic heterocycles. The van der Waals surface area contributed by atoms with Gasteiger partial charge in [0.2, 0.25) is 0 Å². The van der Waals surface area contributed by atoms with Gasteiger partial charge in [0.1, 0.15) is 0 Å². The molecule has 14 heavy (non-hydrogen) atoms. The van der Waals surface area contributed by atoms with Crippen LogP contribution in [-0.4, -0.2) is 12.3 Å². The molecule has 0 saturated heterocycles. The molecule has 0 aromatic rings. The standard InChI is InChI=1S/C13H21N/c1-9-6-13(3,4)7-11-5-12(9)14-8-10(11)2/h8-9,12H,5-7H2,1-4H3. The lowest BCUT2D eigenvalue weighted by Gasteiger charge is -2.25. The average Bonchev–Trinajstić information content (AvgIpc) is 2.15. The van der Waals surface area contributed by atoms with E-state index in [1.54, 1.807) is 5.57 Å². The third-order valence-corrected chi connectivity index (χ3v) is 3.70. The Balaban J connectivity index is 2.33. The van der Waals surface area contributed by atoms with Crippen molar-refractivity contribution in [3.05, 3.63) is 11.1 Å². The Bertz CT molecular complexity index is 296. The number of rotatable bonds is 0. The van der Waals surface area contributed by atoms with E-state index in [2.05, 4.69) is 38.9 Å². The maximum absolute atomic E-state index is 4.65. The summed E-state index contributed by atoms with van der Waals surface area (Å²) in [6.07, 6.45) is 5.89. The Labute approximate surface area is 87.3 Å². The van der Waals surface area contributed by atoms with Gasteiger partial charge in [-0.2, -0.15) is 0 Å². The minimum atomic E-state index is 0.471. The highest BCUT2D eigenvalue weighted by Crippen LogP contribution is 2.42. The molecule has 1 nitrogen and oxygen atoms in total. The van der Waals surface area contributed by atoms with Crippen molar-refractivity contribution in [1.29, 1.82) is 0 Å². The fourth-order valence-corrected chi connectivity index (χ4v) is 2.98. The van der Waals surface area contributed by atoms with Gasteiger partial charge in [-0.05, 0) is 43.1 Å². The fourth-order valence-electron chi connectivity index (χ4n) is 2.98. The second-order valence-electron chi connectivity index (χ2n) is 5.86. The summed E-state index contributed by atoms with van der Waals surface area (Å²) in [7, 11) is 0. The summed E-state index contributed by atoms with van der Waals surface area (Å²) in [6, 6.07) is 0.565. The van der Waals surface area contributed by atoms with E-state index in [9.17, 15) is 0 Å². The van der Waals surface area contributed by atoms with Crippen molar-refractivity contribution in [3.8, 4) is 0 Å². The van der Waals surface area contributed by atoms with Gasteiger partial charge in [0.15, 0.2) is 0 Å². The normalized spacial score (nSPS) is 35.7. The summed E-state index contributed by atoms with van der Waals surface area (Å²) in [5.74, 6) is 0.742. The summed E-state index contributed by atoms with van der Waals surface area (Å²) in [5, 5.41) is 0. The van der Waals surface area contributed by atoms with Crippen LogP contribution in [0.3, 0.4) is 0 Å². The minimum absolute atomic E-state index is 0.471. The minimum Gasteiger partial charge on any atom is -0.289 e. The van der Waals surface area contributed by atoms with Crippen molar-refractivity contribution in [2.45, 2.75) is 53.0 Å². The fraction of sp³-hybridized carbons (Fsp3) is 0.769. The highest BCUT2D eigenvalue weighted by atomic mass is 14.8. The highest BCUT2D eigenvalue weighted by Gasteiger charge is 2.33. The van der Waals surface area contributed by atoms with Crippen LogP contribution in [0.25, 0.3) is 0 Å². The molecule has 2 rings (SSSR count). The topological polar surface area (TPSA) is 12.4 Å². The summed E-state index contributed by atoms with van der Waals surface area (Å²) < 4.78 is 0. The van der Waals surface area contributed by atoms with Crippen LogP contribution < -0.4 is 0 Å². The van der Waals surface area contributed by atoms with Crippen LogP contribution >= 0.6 is 0 Å². The van der Waals surface area contributed by atoms with Gasteiger partial charge < -0.3 is 0 Å². The first-order valence-electron chi connectivity index (χ1n) is 5.70. The quantitative estimate of drug-likeness (QED) is 0.554. The van der Waals surface area contributed by atoms with E-state index in [-0.39, 0.29) is 0 Å². The summed E-state index contributed by atoms with van der Waals surface area (Å²) in [4.78, 5) is 4.65. The van der Waals surface area contributed by atoms with Crippen molar-refractivity contribution < 1.29 is 0 Å². The number of dihydropyridines is 1. The molecule has 2 bridgehead atoms. The predicted octanol–water partition coefficient (Wildman–Crippen LogP) is 3.60. The zero-order valence-electron chi connectivity index (χ0n) is 9.80. The molecule has 0 amide bonds. The third-order valence-electron chi connectivity index (χ3n) is 3.70. The molecule has 2 unspecified atom stereocenters. The Kier molecular flexibility index (Phi) is 2.29. The average molecular weight is 191 g/mol. The van der Waals surface area contributed by atoms with Gasteiger partial charge in [-0.25, -0.2) is 0 Å². The van der Waals surface area contributed by atoms with Crippen LogP contribution in [0.4, 0.5) is 0 Å². The summed E-state index contributed by atoms with van der Waals surface area (Å²) in [6.45, 7) is 9.35. The van der Waals surface area contributed by atoms with Gasteiger partial charge in [0.05, 0.1) is 6.04 Å². The molecule has 0 radical (unpaired) electrons. The van der Waals surface area contributed by atoms with Crippen molar-refractivity contribution in [1.82, 2.24) is 0 Å². The van der Waals surface area contributed by atoms with Crippen LogP contribution in [-0.2, 0) is 0 Å². The van der Waals surface area contributed by atoms with E-state index >= 15 is 0 Å². The second kappa shape index (κ2) is 3.22. The van der Waals surface area contributed by atoms with Gasteiger partial charge in [-0.3, -0.25) is 4.99 Å². The molecule has 1 saturated carbocycles. The number of nitrogens with zero attached hydrogens (tertiary/aromatic N) is 1. The van der Waals surface area contributed by atoms with Crippen LogP contribution in [0.15, 0.2) is 16.1 Å². The number of aliphatic imine (C=N–C) groups is 1. The molecule has 0 spiro atoms. The van der Waals surface area contributed by atoms with Gasteiger partial charge in [-0.15, -0.1) is 0 Å². The van der Waals surface area contributed by atoms with E-state index < -0.39 is 0 Å². The Morgan fingerprint density at radius 2 is 2.14 bits per heavy atom. The van der Waals surface area contributed by atoms with E-state index in [0.717, 1.165) is 5.92 Å². The smallest absolute Gasteiger partial charge is 0.0562 e. The molecule has 1 fully saturated rings. The number of fused-ring (bicyclic) bond motifs is 2. The van der Waals surface area contributed by atoms with E-state index in [1.807, 2.05) is 0 Å². The molecular formula is C13H21N. The maximum atomic E-state index is 4.65. The Morgan fingerprint density at radius 3 is 2.86 bits per heavy atom. The van der Waals surface area contributed by atoms with Gasteiger partial charge in [0, 0.05) is 6.21 Å². The molecule has 1 heteroatoms. The largest absolute Gasteiger partial charge is 0.289 e. The lowest BCUT2D eigenvalue weighted by Crippen LogP contribution is -2.19. The van der Waals surface area contributed by atoms with Crippen molar-refractivity contribution in [2.24, 2.45) is 16.3 Å². The van der Waals surface area contributed by atoms with E-state index in [1.165, 1.54) is 24.8 Å². The summed E-state index contributed by atoms with van der Waals surface area (Å²) >= 11 is 0.